The van der Waals surface area contributed by atoms with E-state index < -0.39 is 12.8 Å². The lowest BCUT2D eigenvalue weighted by atomic mass is 10.2. The first-order valence-electron chi connectivity index (χ1n) is 8.97. The number of alkyl halides is 3. The van der Waals surface area contributed by atoms with Gasteiger partial charge in [-0.2, -0.15) is 13.2 Å². The standard InChI is InChI=1S/C19H25F3N4O2S.HI/c1-12(2)14-10-29-17(26-14)9-25-18(23-3)24-8-13-5-6-15(16(7-13)27-4)28-11-19(20,21)22;/h5-7,10,12H,8-9,11H2,1-4H3,(H2,23,24,25);1H. The van der Waals surface area contributed by atoms with E-state index in [-0.39, 0.29) is 35.5 Å². The van der Waals surface area contributed by atoms with Gasteiger partial charge in [0.05, 0.1) is 19.3 Å². The van der Waals surface area contributed by atoms with Gasteiger partial charge in [0.25, 0.3) is 0 Å². The number of rotatable bonds is 8. The average Bonchev–Trinajstić information content (AvgIpc) is 3.15. The van der Waals surface area contributed by atoms with Crippen LogP contribution < -0.4 is 20.1 Å². The zero-order chi connectivity index (χ0) is 21.4. The smallest absolute Gasteiger partial charge is 0.422 e. The molecule has 30 heavy (non-hydrogen) atoms. The number of thiazole rings is 1. The molecule has 2 N–H and O–H groups in total. The molecule has 168 valence electrons. The van der Waals surface area contributed by atoms with Crippen LogP contribution in [0.3, 0.4) is 0 Å². The van der Waals surface area contributed by atoms with Crippen molar-refractivity contribution in [1.29, 1.82) is 0 Å². The van der Waals surface area contributed by atoms with Crippen molar-refractivity contribution in [3.8, 4) is 11.5 Å². The van der Waals surface area contributed by atoms with Crippen LogP contribution in [0.1, 0.15) is 36.0 Å². The third-order valence-electron chi connectivity index (χ3n) is 3.87. The highest BCUT2D eigenvalue weighted by Gasteiger charge is 2.29. The molecule has 1 heterocycles. The molecule has 0 saturated carbocycles. The molecule has 6 nitrogen and oxygen atoms in total. The number of nitrogens with zero attached hydrogens (tertiary/aromatic N) is 2. The van der Waals surface area contributed by atoms with Gasteiger partial charge < -0.3 is 20.1 Å². The zero-order valence-electron chi connectivity index (χ0n) is 17.2. The summed E-state index contributed by atoms with van der Waals surface area (Å²) in [6.45, 7) is 3.78. The molecule has 0 saturated heterocycles. The first kappa shape index (κ1) is 26.3. The van der Waals surface area contributed by atoms with E-state index in [9.17, 15) is 13.2 Å². The van der Waals surface area contributed by atoms with Gasteiger partial charge >= 0.3 is 6.18 Å². The Morgan fingerprint density at radius 3 is 2.47 bits per heavy atom. The van der Waals surface area contributed by atoms with Gasteiger partial charge in [0.2, 0.25) is 0 Å². The van der Waals surface area contributed by atoms with Crippen molar-refractivity contribution in [2.45, 2.75) is 39.0 Å². The highest BCUT2D eigenvalue weighted by atomic mass is 127. The molecule has 0 spiro atoms. The molecule has 0 atom stereocenters. The highest BCUT2D eigenvalue weighted by molar-refractivity contribution is 14.0. The fourth-order valence-electron chi connectivity index (χ4n) is 2.34. The number of ether oxygens (including phenoxy) is 2. The predicted molar refractivity (Wildman–Crippen MR) is 123 cm³/mol. The molecule has 0 aliphatic rings. The molecular weight excluding hydrogens is 532 g/mol. The topological polar surface area (TPSA) is 67.8 Å². The fraction of sp³-hybridized carbons (Fsp3) is 0.474. The van der Waals surface area contributed by atoms with E-state index in [4.69, 9.17) is 9.47 Å². The molecule has 11 heteroatoms. The van der Waals surface area contributed by atoms with Gasteiger partial charge in [-0.15, -0.1) is 35.3 Å². The molecular formula is C19H26F3IN4O2S. The zero-order valence-corrected chi connectivity index (χ0v) is 20.3. The van der Waals surface area contributed by atoms with Crippen molar-refractivity contribution in [1.82, 2.24) is 15.6 Å². The van der Waals surface area contributed by atoms with Gasteiger partial charge in [-0.3, -0.25) is 4.99 Å². The maximum absolute atomic E-state index is 12.3. The summed E-state index contributed by atoms with van der Waals surface area (Å²) in [4.78, 5) is 8.73. The van der Waals surface area contributed by atoms with Crippen molar-refractivity contribution in [2.75, 3.05) is 20.8 Å². The summed E-state index contributed by atoms with van der Waals surface area (Å²) in [5, 5.41) is 9.35. The van der Waals surface area contributed by atoms with Crippen LogP contribution in [0.15, 0.2) is 28.6 Å². The second-order valence-corrected chi connectivity index (χ2v) is 7.43. The number of halogens is 4. The predicted octanol–water partition coefficient (Wildman–Crippen LogP) is 4.70. The van der Waals surface area contributed by atoms with Crippen LogP contribution in [0.25, 0.3) is 0 Å². The second-order valence-electron chi connectivity index (χ2n) is 6.49. The molecule has 1 aromatic carbocycles. The monoisotopic (exact) mass is 558 g/mol. The Labute approximate surface area is 195 Å². The van der Waals surface area contributed by atoms with Gasteiger partial charge in [0, 0.05) is 19.0 Å². The van der Waals surface area contributed by atoms with Crippen LogP contribution >= 0.6 is 35.3 Å². The van der Waals surface area contributed by atoms with Gasteiger partial charge in [-0.05, 0) is 23.6 Å². The Morgan fingerprint density at radius 2 is 1.90 bits per heavy atom. The third kappa shape index (κ3) is 8.54. The Balaban J connectivity index is 0.00000450. The Hall–Kier alpha value is -1.76. The summed E-state index contributed by atoms with van der Waals surface area (Å²) in [5.74, 6) is 1.25. The van der Waals surface area contributed by atoms with E-state index in [2.05, 4.69) is 34.5 Å². The van der Waals surface area contributed by atoms with Crippen LogP contribution in [-0.4, -0.2) is 37.9 Å². The van der Waals surface area contributed by atoms with Crippen molar-refractivity contribution in [3.05, 3.63) is 39.8 Å². The van der Waals surface area contributed by atoms with Crippen molar-refractivity contribution in [3.63, 3.8) is 0 Å². The van der Waals surface area contributed by atoms with E-state index >= 15 is 0 Å². The van der Waals surface area contributed by atoms with Gasteiger partial charge in [-0.25, -0.2) is 4.98 Å². The maximum atomic E-state index is 12.3. The number of guanidine groups is 1. The molecule has 0 bridgehead atoms. The Morgan fingerprint density at radius 1 is 1.20 bits per heavy atom. The van der Waals surface area contributed by atoms with Crippen molar-refractivity contribution >= 4 is 41.3 Å². The number of hydrogen-bond donors (Lipinski definition) is 2. The Kier molecular flexibility index (Phi) is 10.7. The summed E-state index contributed by atoms with van der Waals surface area (Å²) < 4.78 is 46.9. The summed E-state index contributed by atoms with van der Waals surface area (Å²) in [7, 11) is 3.04. The molecule has 0 aliphatic heterocycles. The van der Waals surface area contributed by atoms with Crippen LogP contribution in [0.5, 0.6) is 11.5 Å². The molecule has 0 aliphatic carbocycles. The normalized spacial score (nSPS) is 11.8. The first-order chi connectivity index (χ1) is 13.7. The van der Waals surface area contributed by atoms with Crippen LogP contribution in [0.4, 0.5) is 13.2 Å². The van der Waals surface area contributed by atoms with Crippen molar-refractivity contribution < 1.29 is 22.6 Å². The Bertz CT molecular complexity index is 828. The van der Waals surface area contributed by atoms with Crippen LogP contribution in [-0.2, 0) is 13.1 Å². The molecule has 1 aromatic heterocycles. The molecule has 0 fully saturated rings. The number of methoxy groups -OCH3 is 1. The average molecular weight is 558 g/mol. The number of benzene rings is 1. The maximum Gasteiger partial charge on any atom is 0.422 e. The molecule has 2 rings (SSSR count). The lowest BCUT2D eigenvalue weighted by Gasteiger charge is -2.15. The minimum Gasteiger partial charge on any atom is -0.493 e. The largest absolute Gasteiger partial charge is 0.493 e. The first-order valence-corrected chi connectivity index (χ1v) is 9.85. The number of hydrogen-bond acceptors (Lipinski definition) is 5. The van der Waals surface area contributed by atoms with Gasteiger partial charge in [0.1, 0.15) is 5.01 Å². The van der Waals surface area contributed by atoms with Gasteiger partial charge in [-0.1, -0.05) is 19.9 Å². The van der Waals surface area contributed by atoms with E-state index in [1.165, 1.54) is 13.2 Å². The summed E-state index contributed by atoms with van der Waals surface area (Å²) in [6.07, 6.45) is -4.41. The number of nitrogens with one attached hydrogen (secondary N) is 2. The minimum atomic E-state index is -4.41. The molecule has 0 unspecified atom stereocenters. The van der Waals surface area contributed by atoms with E-state index in [0.29, 0.717) is 25.0 Å². The fourth-order valence-corrected chi connectivity index (χ4v) is 3.23. The number of aromatic nitrogens is 1. The van der Waals surface area contributed by atoms with E-state index in [1.807, 2.05) is 5.38 Å². The van der Waals surface area contributed by atoms with E-state index in [1.54, 1.807) is 30.5 Å². The summed E-state index contributed by atoms with van der Waals surface area (Å²) in [5.41, 5.74) is 1.87. The lowest BCUT2D eigenvalue weighted by Crippen LogP contribution is -2.36. The lowest BCUT2D eigenvalue weighted by molar-refractivity contribution is -0.153. The quantitative estimate of drug-likeness (QED) is 0.280. The number of aliphatic imine (C=N–C) groups is 1. The van der Waals surface area contributed by atoms with E-state index in [0.717, 1.165) is 16.3 Å². The third-order valence-corrected chi connectivity index (χ3v) is 4.74. The summed E-state index contributed by atoms with van der Waals surface area (Å²) >= 11 is 1.59. The SMILES string of the molecule is CN=C(NCc1ccc(OCC(F)(F)F)c(OC)c1)NCc1nc(C(C)C)cs1.I. The molecule has 2 aromatic rings. The minimum absolute atomic E-state index is 0. The van der Waals surface area contributed by atoms with Crippen LogP contribution in [0.2, 0.25) is 0 Å². The van der Waals surface area contributed by atoms with Crippen LogP contribution in [0, 0.1) is 0 Å². The highest BCUT2D eigenvalue weighted by Crippen LogP contribution is 2.29. The molecule has 0 radical (unpaired) electrons. The van der Waals surface area contributed by atoms with Gasteiger partial charge in [0.15, 0.2) is 24.1 Å². The molecule has 0 amide bonds. The van der Waals surface area contributed by atoms with Crippen molar-refractivity contribution in [2.24, 2.45) is 4.99 Å². The summed E-state index contributed by atoms with van der Waals surface area (Å²) in [6, 6.07) is 4.76. The second kappa shape index (κ2) is 12.2.